The number of ether oxygens (including phenoxy) is 1. The summed E-state index contributed by atoms with van der Waals surface area (Å²) < 4.78 is 22.7. The van der Waals surface area contributed by atoms with Gasteiger partial charge < -0.3 is 20.9 Å². The van der Waals surface area contributed by atoms with E-state index in [1.165, 1.54) is 17.8 Å². The van der Waals surface area contributed by atoms with Gasteiger partial charge in [0.05, 0.1) is 12.4 Å². The number of hydrogen-bond donors (Lipinski definition) is 3. The Morgan fingerprint density at radius 2 is 2.12 bits per heavy atom. The lowest BCUT2D eigenvalue weighted by Crippen LogP contribution is -2.40. The monoisotopic (exact) mass is 352 g/mol. The molecule has 2 aromatic rings. The van der Waals surface area contributed by atoms with E-state index in [4.69, 9.17) is 10.5 Å². The summed E-state index contributed by atoms with van der Waals surface area (Å²) in [6.45, 7) is 7.39. The Morgan fingerprint density at radius 3 is 2.72 bits per heavy atom. The molecule has 1 unspecified atom stereocenters. The van der Waals surface area contributed by atoms with E-state index in [9.17, 15) is 5.11 Å². The van der Waals surface area contributed by atoms with E-state index in [1.54, 1.807) is 7.05 Å². The lowest BCUT2D eigenvalue weighted by atomic mass is 9.85. The predicted octanol–water partition coefficient (Wildman–Crippen LogP) is 1.87. The number of aliphatic hydroxyl groups is 1. The van der Waals surface area contributed by atoms with Crippen LogP contribution < -0.4 is 11.1 Å². The van der Waals surface area contributed by atoms with Crippen LogP contribution in [0.15, 0.2) is 6.33 Å². The maximum Gasteiger partial charge on any atom is 0.224 e. The fourth-order valence-corrected chi connectivity index (χ4v) is 3.26. The first-order valence-corrected chi connectivity index (χ1v) is 8.25. The van der Waals surface area contributed by atoms with E-state index in [1.807, 2.05) is 20.8 Å². The van der Waals surface area contributed by atoms with E-state index in [0.717, 1.165) is 0 Å². The number of rotatable bonds is 3. The van der Waals surface area contributed by atoms with Gasteiger partial charge in [-0.05, 0) is 18.8 Å². The summed E-state index contributed by atoms with van der Waals surface area (Å²) in [6, 6.07) is 0. The molecule has 3 heterocycles. The summed E-state index contributed by atoms with van der Waals surface area (Å²) in [5.74, 6) is 0.496. The first-order chi connectivity index (χ1) is 11.5. The van der Waals surface area contributed by atoms with Crippen molar-refractivity contribution in [2.24, 2.45) is 5.41 Å². The molecule has 0 radical (unpaired) electrons. The third-order valence-corrected chi connectivity index (χ3v) is 4.46. The molecule has 0 amide bonds. The SMILES string of the molecule is CNc1nc(N)nc2c1ncn2C1O[C@H](CC(C)(C)C)[C@@H](O)[C@@]1(C)F. The van der Waals surface area contributed by atoms with Gasteiger partial charge in [-0.1, -0.05) is 20.8 Å². The number of fused-ring (bicyclic) bond motifs is 1. The van der Waals surface area contributed by atoms with Gasteiger partial charge in [0.2, 0.25) is 5.95 Å². The summed E-state index contributed by atoms with van der Waals surface area (Å²) in [6.07, 6.45) is -0.972. The van der Waals surface area contributed by atoms with Crippen LogP contribution in [0.1, 0.15) is 40.3 Å². The number of nitrogens with two attached hydrogens (primary N) is 1. The average molecular weight is 352 g/mol. The summed E-state index contributed by atoms with van der Waals surface area (Å²) in [5.41, 5.74) is 4.46. The fourth-order valence-electron chi connectivity index (χ4n) is 3.26. The maximum atomic E-state index is 15.4. The molecule has 0 aromatic carbocycles. The van der Waals surface area contributed by atoms with Gasteiger partial charge in [-0.2, -0.15) is 9.97 Å². The first-order valence-electron chi connectivity index (χ1n) is 8.25. The topological polar surface area (TPSA) is 111 Å². The molecular weight excluding hydrogens is 327 g/mol. The normalized spacial score (nSPS) is 30.1. The molecule has 1 aliphatic heterocycles. The van der Waals surface area contributed by atoms with Gasteiger partial charge in [-0.15, -0.1) is 0 Å². The molecule has 4 atom stereocenters. The Balaban J connectivity index is 2.04. The molecule has 0 saturated carbocycles. The minimum atomic E-state index is -2.00. The highest BCUT2D eigenvalue weighted by atomic mass is 19.1. The molecule has 9 heteroatoms. The molecule has 1 fully saturated rings. The Bertz CT molecular complexity index is 785. The van der Waals surface area contributed by atoms with Gasteiger partial charge in [-0.3, -0.25) is 4.57 Å². The van der Waals surface area contributed by atoms with E-state index in [-0.39, 0.29) is 11.4 Å². The van der Waals surface area contributed by atoms with Crippen molar-refractivity contribution in [2.75, 3.05) is 18.1 Å². The van der Waals surface area contributed by atoms with Crippen LogP contribution in [0, 0.1) is 5.41 Å². The second-order valence-electron chi connectivity index (χ2n) is 7.89. The predicted molar refractivity (Wildman–Crippen MR) is 92.8 cm³/mol. The standard InChI is InChI=1S/C16H25FN6O2/c1-15(2,3)6-8-10(24)16(4,17)13(25-8)23-7-20-9-11(19-5)21-14(18)22-12(9)23/h7-8,10,13,24H,6H2,1-5H3,(H3,18,19,21,22)/t8-,10-,13?,16-/m1/s1. The number of hydrogen-bond acceptors (Lipinski definition) is 7. The van der Waals surface area contributed by atoms with Crippen molar-refractivity contribution in [2.45, 2.75) is 58.2 Å². The molecule has 0 spiro atoms. The number of anilines is 2. The largest absolute Gasteiger partial charge is 0.387 e. The van der Waals surface area contributed by atoms with Crippen LogP contribution in [0.2, 0.25) is 0 Å². The Morgan fingerprint density at radius 1 is 1.44 bits per heavy atom. The Labute approximate surface area is 145 Å². The van der Waals surface area contributed by atoms with Gasteiger partial charge in [0.1, 0.15) is 6.10 Å². The van der Waals surface area contributed by atoms with Gasteiger partial charge in [-0.25, -0.2) is 9.37 Å². The lowest BCUT2D eigenvalue weighted by Gasteiger charge is -2.26. The number of aromatic nitrogens is 4. The zero-order valence-corrected chi connectivity index (χ0v) is 15.1. The van der Waals surface area contributed by atoms with Gasteiger partial charge >= 0.3 is 0 Å². The zero-order chi connectivity index (χ0) is 18.6. The van der Waals surface area contributed by atoms with Crippen molar-refractivity contribution in [1.29, 1.82) is 0 Å². The van der Waals surface area contributed by atoms with Crippen molar-refractivity contribution in [3.8, 4) is 0 Å². The molecular formula is C16H25FN6O2. The number of alkyl halides is 1. The fraction of sp³-hybridized carbons (Fsp3) is 0.688. The Kier molecular flexibility index (Phi) is 4.11. The smallest absolute Gasteiger partial charge is 0.224 e. The van der Waals surface area contributed by atoms with Crippen LogP contribution in [0.3, 0.4) is 0 Å². The average Bonchev–Trinajstić information content (AvgIpc) is 2.99. The molecule has 0 aliphatic carbocycles. The molecule has 8 nitrogen and oxygen atoms in total. The van der Waals surface area contributed by atoms with E-state index < -0.39 is 24.1 Å². The molecule has 1 aliphatic rings. The Hall–Kier alpha value is -2.00. The third-order valence-electron chi connectivity index (χ3n) is 4.46. The number of imidazole rings is 1. The van der Waals surface area contributed by atoms with Gasteiger partial charge in [0.15, 0.2) is 28.9 Å². The number of nitrogen functional groups attached to an aromatic ring is 1. The minimum Gasteiger partial charge on any atom is -0.387 e. The molecule has 2 aromatic heterocycles. The third kappa shape index (κ3) is 3.02. The summed E-state index contributed by atoms with van der Waals surface area (Å²) >= 11 is 0. The highest BCUT2D eigenvalue weighted by molar-refractivity contribution is 5.84. The van der Waals surface area contributed by atoms with Crippen molar-refractivity contribution < 1.29 is 14.2 Å². The zero-order valence-electron chi connectivity index (χ0n) is 15.1. The van der Waals surface area contributed by atoms with Gasteiger partial charge in [0, 0.05) is 7.05 Å². The van der Waals surface area contributed by atoms with Crippen LogP contribution in [-0.4, -0.2) is 49.5 Å². The molecule has 25 heavy (non-hydrogen) atoms. The summed E-state index contributed by atoms with van der Waals surface area (Å²) in [7, 11) is 1.69. The van der Waals surface area contributed by atoms with Gasteiger partial charge in [0.25, 0.3) is 0 Å². The number of halogens is 1. The van der Waals surface area contributed by atoms with Crippen LogP contribution >= 0.6 is 0 Å². The second kappa shape index (κ2) is 5.77. The van der Waals surface area contributed by atoms with Crippen molar-refractivity contribution in [3.63, 3.8) is 0 Å². The summed E-state index contributed by atoms with van der Waals surface area (Å²) in [5, 5.41) is 13.4. The van der Waals surface area contributed by atoms with Crippen LogP contribution in [-0.2, 0) is 4.74 Å². The van der Waals surface area contributed by atoms with Crippen molar-refractivity contribution >= 4 is 22.9 Å². The maximum absolute atomic E-state index is 15.4. The minimum absolute atomic E-state index is 0.0453. The molecule has 1 saturated heterocycles. The highest BCUT2D eigenvalue weighted by Gasteiger charge is 2.55. The number of nitrogens with one attached hydrogen (secondary N) is 1. The highest BCUT2D eigenvalue weighted by Crippen LogP contribution is 2.45. The first kappa shape index (κ1) is 17.8. The lowest BCUT2D eigenvalue weighted by molar-refractivity contribution is -0.0527. The quantitative estimate of drug-likeness (QED) is 0.773. The molecule has 0 bridgehead atoms. The van der Waals surface area contributed by atoms with Crippen LogP contribution in [0.4, 0.5) is 16.2 Å². The van der Waals surface area contributed by atoms with E-state index in [2.05, 4.69) is 20.3 Å². The van der Waals surface area contributed by atoms with Crippen molar-refractivity contribution in [1.82, 2.24) is 19.5 Å². The van der Waals surface area contributed by atoms with E-state index >= 15 is 4.39 Å². The number of aliphatic hydroxyl groups excluding tert-OH is 1. The number of nitrogens with zero attached hydrogens (tertiary/aromatic N) is 4. The van der Waals surface area contributed by atoms with Crippen LogP contribution in [0.25, 0.3) is 11.2 Å². The van der Waals surface area contributed by atoms with E-state index in [0.29, 0.717) is 23.4 Å². The molecule has 3 rings (SSSR count). The second-order valence-corrected chi connectivity index (χ2v) is 7.89. The van der Waals surface area contributed by atoms with Crippen molar-refractivity contribution in [3.05, 3.63) is 6.33 Å². The molecule has 4 N–H and O–H groups in total. The summed E-state index contributed by atoms with van der Waals surface area (Å²) in [4.78, 5) is 12.5. The van der Waals surface area contributed by atoms with Crippen LogP contribution in [0.5, 0.6) is 0 Å². The molecule has 138 valence electrons.